The zero-order valence-electron chi connectivity index (χ0n) is 14.8. The Bertz CT molecular complexity index is 878. The molecule has 1 aliphatic heterocycles. The van der Waals surface area contributed by atoms with Crippen LogP contribution >= 0.6 is 11.8 Å². The maximum atomic E-state index is 12.4. The van der Waals surface area contributed by atoms with Gasteiger partial charge in [0.25, 0.3) is 10.1 Å². The monoisotopic (exact) mass is 377 g/mol. The highest BCUT2D eigenvalue weighted by Gasteiger charge is 2.30. The van der Waals surface area contributed by atoms with E-state index in [9.17, 15) is 8.42 Å². The summed E-state index contributed by atoms with van der Waals surface area (Å²) < 4.78 is 30.3. The Morgan fingerprint density at radius 3 is 2.48 bits per heavy atom. The van der Waals surface area contributed by atoms with Gasteiger partial charge in [-0.2, -0.15) is 8.42 Å². The van der Waals surface area contributed by atoms with E-state index in [1.54, 1.807) is 11.8 Å². The number of hydrogen-bond acceptors (Lipinski definition) is 5. The molecule has 1 aliphatic rings. The molecule has 1 heterocycles. The number of hydrogen-bond donors (Lipinski definition) is 0. The van der Waals surface area contributed by atoms with Gasteiger partial charge in [-0.1, -0.05) is 50.7 Å². The molecule has 0 saturated heterocycles. The van der Waals surface area contributed by atoms with Crippen LogP contribution in [0.15, 0.2) is 46.2 Å². The van der Waals surface area contributed by atoms with Crippen LogP contribution in [-0.4, -0.2) is 14.2 Å². The number of rotatable bonds is 6. The smallest absolute Gasteiger partial charge is 0.202 e. The summed E-state index contributed by atoms with van der Waals surface area (Å²) in [7, 11) is -3.64. The fraction of sp³-hybridized carbons (Fsp3) is 0.368. The highest BCUT2D eigenvalue weighted by molar-refractivity contribution is 7.99. The number of fused-ring (bicyclic) bond motifs is 2. The molecule has 0 unspecified atom stereocenters. The van der Waals surface area contributed by atoms with Crippen molar-refractivity contribution in [1.29, 1.82) is 0 Å². The second-order valence-electron chi connectivity index (χ2n) is 6.01. The number of nitrogens with zero attached hydrogens (tertiary/aromatic N) is 1. The highest BCUT2D eigenvalue weighted by Crippen LogP contribution is 2.50. The van der Waals surface area contributed by atoms with Crippen LogP contribution in [-0.2, 0) is 27.2 Å². The van der Waals surface area contributed by atoms with E-state index >= 15 is 0 Å². The lowest BCUT2D eigenvalue weighted by molar-refractivity contribution is 0.319. The van der Waals surface area contributed by atoms with E-state index in [-0.39, 0.29) is 5.75 Å². The van der Waals surface area contributed by atoms with Gasteiger partial charge in [0.05, 0.1) is 17.1 Å². The van der Waals surface area contributed by atoms with E-state index in [0.29, 0.717) is 6.42 Å². The van der Waals surface area contributed by atoms with E-state index in [1.165, 1.54) is 16.2 Å². The summed E-state index contributed by atoms with van der Waals surface area (Å²) in [5, 5.41) is 1.50. The van der Waals surface area contributed by atoms with Gasteiger partial charge in [-0.25, -0.2) is 5.06 Å². The van der Waals surface area contributed by atoms with Crippen LogP contribution in [0.5, 0.6) is 0 Å². The molecule has 6 heteroatoms. The van der Waals surface area contributed by atoms with E-state index < -0.39 is 10.1 Å². The van der Waals surface area contributed by atoms with Crippen LogP contribution in [0.25, 0.3) is 0 Å². The van der Waals surface area contributed by atoms with E-state index in [2.05, 4.69) is 19.9 Å². The zero-order valence-corrected chi connectivity index (χ0v) is 16.4. The van der Waals surface area contributed by atoms with E-state index in [4.69, 9.17) is 4.28 Å². The molecule has 0 bridgehead atoms. The fourth-order valence-corrected chi connectivity index (χ4v) is 5.07. The van der Waals surface area contributed by atoms with Crippen LogP contribution < -0.4 is 5.06 Å². The maximum absolute atomic E-state index is 12.4. The summed E-state index contributed by atoms with van der Waals surface area (Å²) in [5.41, 5.74) is 3.99. The fourth-order valence-electron chi connectivity index (χ4n) is 2.90. The molecule has 2 aromatic carbocycles. The molecule has 2 aromatic rings. The van der Waals surface area contributed by atoms with Gasteiger partial charge in [-0.05, 0) is 48.6 Å². The Hall–Kier alpha value is -1.50. The second kappa shape index (κ2) is 7.40. The number of benzene rings is 2. The molecule has 0 aliphatic carbocycles. The van der Waals surface area contributed by atoms with Crippen molar-refractivity contribution in [2.75, 3.05) is 10.8 Å². The predicted molar refractivity (Wildman–Crippen MR) is 103 cm³/mol. The Labute approximate surface area is 154 Å². The first-order chi connectivity index (χ1) is 12.0. The van der Waals surface area contributed by atoms with Gasteiger partial charge < -0.3 is 0 Å². The summed E-state index contributed by atoms with van der Waals surface area (Å²) >= 11 is 1.68. The Kier molecular flexibility index (Phi) is 5.41. The quantitative estimate of drug-likeness (QED) is 0.702. The third kappa shape index (κ3) is 3.71. The normalized spacial score (nSPS) is 13.5. The van der Waals surface area contributed by atoms with Crippen LogP contribution in [0.2, 0.25) is 0 Å². The molecule has 0 radical (unpaired) electrons. The first kappa shape index (κ1) is 18.3. The zero-order chi connectivity index (χ0) is 18.0. The first-order valence-electron chi connectivity index (χ1n) is 8.64. The molecule has 4 nitrogen and oxygen atoms in total. The highest BCUT2D eigenvalue weighted by atomic mass is 32.2. The van der Waals surface area contributed by atoms with E-state index in [1.807, 2.05) is 37.3 Å². The molecule has 0 spiro atoms. The maximum Gasteiger partial charge on any atom is 0.288 e. The summed E-state index contributed by atoms with van der Waals surface area (Å²) in [6.07, 6.45) is 2.30. The summed E-state index contributed by atoms with van der Waals surface area (Å²) in [6.45, 7) is 6.05. The molecule has 0 atom stereocenters. The van der Waals surface area contributed by atoms with Crippen molar-refractivity contribution in [3.05, 3.63) is 47.5 Å². The predicted octanol–water partition coefficient (Wildman–Crippen LogP) is 5.09. The van der Waals surface area contributed by atoms with Gasteiger partial charge >= 0.3 is 0 Å². The molecule has 0 aromatic heterocycles. The average Bonchev–Trinajstić information content (AvgIpc) is 2.60. The molecular formula is C19H23NO3S2. The van der Waals surface area contributed by atoms with Gasteiger partial charge in [-0.15, -0.1) is 4.28 Å². The van der Waals surface area contributed by atoms with Crippen molar-refractivity contribution in [2.24, 2.45) is 0 Å². The van der Waals surface area contributed by atoms with Crippen LogP contribution in [0, 0.1) is 0 Å². The van der Waals surface area contributed by atoms with Crippen molar-refractivity contribution in [2.45, 2.75) is 49.8 Å². The minimum Gasteiger partial charge on any atom is -0.202 e. The van der Waals surface area contributed by atoms with Gasteiger partial charge in [0, 0.05) is 9.79 Å². The Morgan fingerprint density at radius 1 is 1.04 bits per heavy atom. The molecule has 0 amide bonds. The Morgan fingerprint density at radius 2 is 1.80 bits per heavy atom. The number of para-hydroxylation sites is 1. The first-order valence-corrected chi connectivity index (χ1v) is 11.0. The van der Waals surface area contributed by atoms with Crippen molar-refractivity contribution in [1.82, 2.24) is 0 Å². The van der Waals surface area contributed by atoms with Crippen LogP contribution in [0.4, 0.5) is 11.4 Å². The van der Waals surface area contributed by atoms with Gasteiger partial charge in [0.2, 0.25) is 0 Å². The molecule has 134 valence electrons. The summed E-state index contributed by atoms with van der Waals surface area (Å²) in [4.78, 5) is 2.07. The SMILES string of the molecule is CCCS(=O)(=O)ON1c2ccccc2Sc2c(CC)cc(CC)cc21. The van der Waals surface area contributed by atoms with E-state index in [0.717, 1.165) is 34.0 Å². The van der Waals surface area contributed by atoms with Crippen molar-refractivity contribution in [3.8, 4) is 0 Å². The molecule has 3 rings (SSSR count). The third-order valence-corrected chi connectivity index (χ3v) is 6.68. The molecule has 0 N–H and O–H groups in total. The van der Waals surface area contributed by atoms with Crippen molar-refractivity contribution >= 4 is 33.3 Å². The molecule has 0 fully saturated rings. The van der Waals surface area contributed by atoms with Crippen LogP contribution in [0.3, 0.4) is 0 Å². The summed E-state index contributed by atoms with van der Waals surface area (Å²) in [5.74, 6) is 0.00223. The standard InChI is InChI=1S/C19H23NO3S2/c1-4-11-25(21,22)23-20-16-9-7-8-10-18(16)24-19-15(6-3)12-14(5-2)13-17(19)20/h7-10,12-13H,4-6,11H2,1-3H3. The molecular weight excluding hydrogens is 354 g/mol. The van der Waals surface area contributed by atoms with Crippen molar-refractivity contribution in [3.63, 3.8) is 0 Å². The minimum absolute atomic E-state index is 0.00223. The minimum atomic E-state index is -3.64. The topological polar surface area (TPSA) is 46.6 Å². The summed E-state index contributed by atoms with van der Waals surface area (Å²) in [6, 6.07) is 12.0. The van der Waals surface area contributed by atoms with Crippen molar-refractivity contribution < 1.29 is 12.7 Å². The van der Waals surface area contributed by atoms with Gasteiger partial charge in [0.1, 0.15) is 0 Å². The lowest BCUT2D eigenvalue weighted by Crippen LogP contribution is -2.27. The largest absolute Gasteiger partial charge is 0.288 e. The lowest BCUT2D eigenvalue weighted by Gasteiger charge is -2.32. The Balaban J connectivity index is 2.17. The third-order valence-electron chi connectivity index (χ3n) is 4.15. The number of anilines is 2. The van der Waals surface area contributed by atoms with Gasteiger partial charge in [0.15, 0.2) is 0 Å². The second-order valence-corrected chi connectivity index (χ2v) is 8.74. The van der Waals surface area contributed by atoms with Crippen LogP contribution in [0.1, 0.15) is 38.3 Å². The average molecular weight is 378 g/mol. The molecule has 25 heavy (non-hydrogen) atoms. The lowest BCUT2D eigenvalue weighted by atomic mass is 10.0. The van der Waals surface area contributed by atoms with Gasteiger partial charge in [-0.3, -0.25) is 0 Å². The molecule has 0 saturated carbocycles. The number of aryl methyl sites for hydroxylation is 2.